The van der Waals surface area contributed by atoms with Crippen LogP contribution in [0.25, 0.3) is 15.9 Å². The van der Waals surface area contributed by atoms with E-state index in [1.165, 1.54) is 11.3 Å². The number of hydrogen-bond acceptors (Lipinski definition) is 3. The zero-order chi connectivity index (χ0) is 15.7. The highest BCUT2D eigenvalue weighted by Crippen LogP contribution is 2.30. The summed E-state index contributed by atoms with van der Waals surface area (Å²) in [5.74, 6) is -0.0277. The zero-order valence-electron chi connectivity index (χ0n) is 12.4. The average Bonchev–Trinajstić information content (AvgIpc) is 3.06. The van der Waals surface area contributed by atoms with Crippen molar-refractivity contribution in [3.8, 4) is 5.69 Å². The molecule has 2 aromatic heterocycles. The van der Waals surface area contributed by atoms with Crippen LogP contribution in [0.5, 0.6) is 0 Å². The van der Waals surface area contributed by atoms with Crippen molar-refractivity contribution >= 4 is 39.1 Å². The van der Waals surface area contributed by atoms with Gasteiger partial charge in [0.05, 0.1) is 16.3 Å². The summed E-state index contributed by atoms with van der Waals surface area (Å²) in [6, 6.07) is 9.45. The third-order valence-corrected chi connectivity index (χ3v) is 4.70. The highest BCUT2D eigenvalue weighted by Gasteiger charge is 2.16. The summed E-state index contributed by atoms with van der Waals surface area (Å²) in [5.41, 5.74) is 1.80. The minimum absolute atomic E-state index is 0.0277. The number of amides is 1. The van der Waals surface area contributed by atoms with E-state index in [0.29, 0.717) is 16.4 Å². The van der Waals surface area contributed by atoms with Gasteiger partial charge in [0.15, 0.2) is 0 Å². The van der Waals surface area contributed by atoms with E-state index in [9.17, 15) is 4.79 Å². The molecule has 1 amide bonds. The Hall–Kier alpha value is -1.85. The molecule has 2 heterocycles. The van der Waals surface area contributed by atoms with Crippen molar-refractivity contribution in [2.75, 3.05) is 6.54 Å². The maximum atomic E-state index is 12.1. The molecule has 0 saturated heterocycles. The largest absolute Gasteiger partial charge is 0.351 e. The molecule has 0 radical (unpaired) electrons. The highest BCUT2D eigenvalue weighted by molar-refractivity contribution is 7.20. The maximum Gasteiger partial charge on any atom is 0.261 e. The van der Waals surface area contributed by atoms with Gasteiger partial charge in [-0.3, -0.25) is 4.79 Å². The number of carbonyl (C=O) groups is 1. The van der Waals surface area contributed by atoms with Gasteiger partial charge in [0.1, 0.15) is 4.83 Å². The van der Waals surface area contributed by atoms with Crippen LogP contribution in [0.15, 0.2) is 30.3 Å². The predicted octanol–water partition coefficient (Wildman–Crippen LogP) is 4.19. The lowest BCUT2D eigenvalue weighted by molar-refractivity contribution is 0.0958. The zero-order valence-corrected chi connectivity index (χ0v) is 14.0. The molecule has 114 valence electrons. The van der Waals surface area contributed by atoms with Crippen molar-refractivity contribution in [3.05, 3.63) is 45.9 Å². The Kier molecular flexibility index (Phi) is 4.18. The van der Waals surface area contributed by atoms with Gasteiger partial charge in [-0.2, -0.15) is 5.10 Å². The number of halogens is 1. The summed E-state index contributed by atoms with van der Waals surface area (Å²) < 4.78 is 1.85. The van der Waals surface area contributed by atoms with Crippen molar-refractivity contribution in [1.29, 1.82) is 0 Å². The second-order valence-corrected chi connectivity index (χ2v) is 6.53. The van der Waals surface area contributed by atoms with E-state index in [1.54, 1.807) is 0 Å². The smallest absolute Gasteiger partial charge is 0.261 e. The minimum Gasteiger partial charge on any atom is -0.351 e. The Morgan fingerprint density at radius 2 is 2.23 bits per heavy atom. The van der Waals surface area contributed by atoms with Crippen molar-refractivity contribution in [1.82, 2.24) is 15.1 Å². The number of benzene rings is 1. The van der Waals surface area contributed by atoms with Gasteiger partial charge in [-0.15, -0.1) is 11.3 Å². The fourth-order valence-electron chi connectivity index (χ4n) is 2.27. The van der Waals surface area contributed by atoms with Crippen LogP contribution in [0, 0.1) is 6.92 Å². The lowest BCUT2D eigenvalue weighted by Gasteiger charge is -2.03. The van der Waals surface area contributed by atoms with Crippen LogP contribution in [0.3, 0.4) is 0 Å². The molecule has 0 bridgehead atoms. The van der Waals surface area contributed by atoms with Gasteiger partial charge >= 0.3 is 0 Å². The quantitative estimate of drug-likeness (QED) is 0.778. The number of thiophene rings is 1. The molecule has 0 unspecified atom stereocenters. The minimum atomic E-state index is -0.0277. The Balaban J connectivity index is 2.05. The lowest BCUT2D eigenvalue weighted by Crippen LogP contribution is -2.22. The van der Waals surface area contributed by atoms with E-state index in [-0.39, 0.29) is 5.91 Å². The molecule has 0 atom stereocenters. The van der Waals surface area contributed by atoms with Gasteiger partial charge in [-0.25, -0.2) is 4.68 Å². The first-order chi connectivity index (χ1) is 10.6. The molecule has 22 heavy (non-hydrogen) atoms. The number of nitrogens with zero attached hydrogens (tertiary/aromatic N) is 2. The number of fused-ring (bicyclic) bond motifs is 1. The Bertz CT molecular complexity index is 837. The SMILES string of the molecule is CCCNC(=O)c1cc2c(C)nn(-c3cccc(Cl)c3)c2s1. The van der Waals surface area contributed by atoms with Crippen LogP contribution in [-0.2, 0) is 0 Å². The summed E-state index contributed by atoms with van der Waals surface area (Å²) in [4.78, 5) is 13.8. The van der Waals surface area contributed by atoms with Gasteiger partial charge in [0.2, 0.25) is 0 Å². The van der Waals surface area contributed by atoms with E-state index >= 15 is 0 Å². The number of aromatic nitrogens is 2. The fraction of sp³-hybridized carbons (Fsp3) is 0.250. The first-order valence-corrected chi connectivity index (χ1v) is 8.33. The number of nitrogens with one attached hydrogen (secondary N) is 1. The topological polar surface area (TPSA) is 46.9 Å². The van der Waals surface area contributed by atoms with E-state index in [1.807, 2.05) is 48.9 Å². The normalized spacial score (nSPS) is 11.0. The summed E-state index contributed by atoms with van der Waals surface area (Å²) in [5, 5.41) is 9.14. The molecular weight excluding hydrogens is 318 g/mol. The molecule has 1 N–H and O–H groups in total. The van der Waals surface area contributed by atoms with Gasteiger partial charge < -0.3 is 5.32 Å². The fourth-order valence-corrected chi connectivity index (χ4v) is 3.55. The van der Waals surface area contributed by atoms with Gasteiger partial charge in [0, 0.05) is 17.0 Å². The molecule has 3 aromatic rings. The van der Waals surface area contributed by atoms with Crippen molar-refractivity contribution in [2.45, 2.75) is 20.3 Å². The molecule has 4 nitrogen and oxygen atoms in total. The number of aryl methyl sites for hydroxylation is 1. The van der Waals surface area contributed by atoms with Gasteiger partial charge in [0.25, 0.3) is 5.91 Å². The third kappa shape index (κ3) is 2.74. The molecule has 0 aliphatic heterocycles. The molecule has 0 spiro atoms. The molecule has 0 aliphatic rings. The van der Waals surface area contributed by atoms with Crippen LogP contribution in [0.2, 0.25) is 5.02 Å². The average molecular weight is 334 g/mol. The molecular formula is C16H16ClN3OS. The van der Waals surface area contributed by atoms with E-state index in [0.717, 1.165) is 28.0 Å². The highest BCUT2D eigenvalue weighted by atomic mass is 35.5. The molecule has 6 heteroatoms. The number of carbonyl (C=O) groups excluding carboxylic acids is 1. The second-order valence-electron chi connectivity index (χ2n) is 5.06. The monoisotopic (exact) mass is 333 g/mol. The molecule has 3 rings (SSSR count). The van der Waals surface area contributed by atoms with Crippen LogP contribution in [-0.4, -0.2) is 22.2 Å². The standard InChI is InChI=1S/C16H16ClN3OS/c1-3-7-18-15(21)14-9-13-10(2)19-20(16(13)22-14)12-6-4-5-11(17)8-12/h4-6,8-9H,3,7H2,1-2H3,(H,18,21). The predicted molar refractivity (Wildman–Crippen MR) is 91.3 cm³/mol. The van der Waals surface area contributed by atoms with E-state index < -0.39 is 0 Å². The van der Waals surface area contributed by atoms with Crippen molar-refractivity contribution in [3.63, 3.8) is 0 Å². The summed E-state index contributed by atoms with van der Waals surface area (Å²) in [6.07, 6.45) is 0.923. The van der Waals surface area contributed by atoms with E-state index in [4.69, 9.17) is 11.6 Å². The molecule has 0 saturated carbocycles. The van der Waals surface area contributed by atoms with Crippen molar-refractivity contribution < 1.29 is 4.79 Å². The number of rotatable bonds is 4. The lowest BCUT2D eigenvalue weighted by atomic mass is 10.3. The van der Waals surface area contributed by atoms with Gasteiger partial charge in [-0.1, -0.05) is 24.6 Å². The molecule has 0 aliphatic carbocycles. The van der Waals surface area contributed by atoms with Gasteiger partial charge in [-0.05, 0) is 37.6 Å². The Labute approximate surface area is 137 Å². The first kappa shape index (κ1) is 15.1. The second kappa shape index (κ2) is 6.10. The Morgan fingerprint density at radius 1 is 1.41 bits per heavy atom. The molecule has 0 fully saturated rings. The summed E-state index contributed by atoms with van der Waals surface area (Å²) >= 11 is 7.51. The number of hydrogen-bond donors (Lipinski definition) is 1. The van der Waals surface area contributed by atoms with Crippen LogP contribution >= 0.6 is 22.9 Å². The molecule has 1 aromatic carbocycles. The summed E-state index contributed by atoms with van der Waals surface area (Å²) in [7, 11) is 0. The van der Waals surface area contributed by atoms with Crippen LogP contribution < -0.4 is 5.32 Å². The van der Waals surface area contributed by atoms with Crippen LogP contribution in [0.4, 0.5) is 0 Å². The van der Waals surface area contributed by atoms with Crippen LogP contribution in [0.1, 0.15) is 28.7 Å². The van der Waals surface area contributed by atoms with E-state index in [2.05, 4.69) is 10.4 Å². The van der Waals surface area contributed by atoms with Crippen molar-refractivity contribution in [2.24, 2.45) is 0 Å². The first-order valence-electron chi connectivity index (χ1n) is 7.13. The third-order valence-electron chi connectivity index (χ3n) is 3.36. The maximum absolute atomic E-state index is 12.1. The summed E-state index contributed by atoms with van der Waals surface area (Å²) in [6.45, 7) is 4.67. The Morgan fingerprint density at radius 3 is 2.95 bits per heavy atom.